The molecule has 9 heteroatoms. The summed E-state index contributed by atoms with van der Waals surface area (Å²) in [5.74, 6) is 1.34. The lowest BCUT2D eigenvalue weighted by atomic mass is 10.2. The average molecular weight is 432 g/mol. The Morgan fingerprint density at radius 1 is 1.07 bits per heavy atom. The number of nitrogens with one attached hydrogen (secondary N) is 1. The molecule has 0 aliphatic carbocycles. The second-order valence-corrected chi connectivity index (χ2v) is 7.35. The fourth-order valence-electron chi connectivity index (χ4n) is 2.38. The number of carbonyl (C=O) groups excluding carboxylic acids is 1. The number of furan rings is 2. The van der Waals surface area contributed by atoms with Crippen LogP contribution in [0.1, 0.15) is 11.5 Å². The highest BCUT2D eigenvalue weighted by Crippen LogP contribution is 2.35. The van der Waals surface area contributed by atoms with Gasteiger partial charge < -0.3 is 8.83 Å². The van der Waals surface area contributed by atoms with E-state index < -0.39 is 0 Å². The van der Waals surface area contributed by atoms with E-state index in [2.05, 4.69) is 15.5 Å². The molecule has 0 spiro atoms. The first-order chi connectivity index (χ1) is 13.6. The van der Waals surface area contributed by atoms with Gasteiger partial charge in [0.1, 0.15) is 17.3 Å². The van der Waals surface area contributed by atoms with Crippen molar-refractivity contribution in [2.45, 2.75) is 0 Å². The number of carbonyl (C=O) groups is 1. The van der Waals surface area contributed by atoms with Crippen molar-refractivity contribution in [1.82, 2.24) is 5.32 Å². The maximum atomic E-state index is 12.1. The van der Waals surface area contributed by atoms with Crippen LogP contribution >= 0.6 is 35.0 Å². The summed E-state index contributed by atoms with van der Waals surface area (Å²) < 4.78 is 10.9. The van der Waals surface area contributed by atoms with Crippen molar-refractivity contribution < 1.29 is 13.6 Å². The van der Waals surface area contributed by atoms with Crippen molar-refractivity contribution in [2.24, 2.45) is 10.2 Å². The molecule has 1 aliphatic rings. The SMILES string of the molecule is O=C1N/C(=N\N=C\c2ccco2)S/C1=C/c1ccc(-c2cccc(Cl)c2Cl)o1. The van der Waals surface area contributed by atoms with E-state index in [0.29, 0.717) is 43.0 Å². The van der Waals surface area contributed by atoms with Crippen LogP contribution in [0.3, 0.4) is 0 Å². The summed E-state index contributed by atoms with van der Waals surface area (Å²) in [4.78, 5) is 12.6. The van der Waals surface area contributed by atoms with Crippen molar-refractivity contribution in [1.29, 1.82) is 0 Å². The molecular weight excluding hydrogens is 421 g/mol. The second-order valence-electron chi connectivity index (χ2n) is 5.53. The Morgan fingerprint density at radius 3 is 2.79 bits per heavy atom. The summed E-state index contributed by atoms with van der Waals surface area (Å²) >= 11 is 13.4. The van der Waals surface area contributed by atoms with Crippen molar-refractivity contribution in [3.05, 3.63) is 75.2 Å². The number of benzene rings is 1. The molecule has 3 aromatic rings. The van der Waals surface area contributed by atoms with Crippen LogP contribution in [0.25, 0.3) is 17.4 Å². The van der Waals surface area contributed by atoms with E-state index in [1.165, 1.54) is 12.5 Å². The monoisotopic (exact) mass is 431 g/mol. The summed E-state index contributed by atoms with van der Waals surface area (Å²) in [5, 5.41) is 11.7. The lowest BCUT2D eigenvalue weighted by molar-refractivity contribution is -0.115. The van der Waals surface area contributed by atoms with Crippen molar-refractivity contribution >= 4 is 58.3 Å². The van der Waals surface area contributed by atoms with Crippen LogP contribution in [0.5, 0.6) is 0 Å². The average Bonchev–Trinajstić information content (AvgIpc) is 3.41. The first-order valence-electron chi connectivity index (χ1n) is 8.00. The minimum absolute atomic E-state index is 0.282. The smallest absolute Gasteiger partial charge is 0.264 e. The van der Waals surface area contributed by atoms with Gasteiger partial charge in [0.2, 0.25) is 0 Å². The number of hydrogen-bond acceptors (Lipinski definition) is 6. The van der Waals surface area contributed by atoms with E-state index in [4.69, 9.17) is 32.0 Å². The van der Waals surface area contributed by atoms with Gasteiger partial charge in [-0.3, -0.25) is 10.1 Å². The maximum Gasteiger partial charge on any atom is 0.264 e. The van der Waals surface area contributed by atoms with Crippen LogP contribution in [0.4, 0.5) is 0 Å². The Hall–Kier alpha value is -2.74. The Morgan fingerprint density at radius 2 is 1.96 bits per heavy atom. The van der Waals surface area contributed by atoms with Gasteiger partial charge in [0, 0.05) is 11.6 Å². The van der Waals surface area contributed by atoms with Gasteiger partial charge in [0.15, 0.2) is 5.17 Å². The Bertz CT molecular complexity index is 1120. The van der Waals surface area contributed by atoms with Gasteiger partial charge in [-0.15, -0.1) is 5.10 Å². The molecule has 0 unspecified atom stereocenters. The van der Waals surface area contributed by atoms with Crippen LogP contribution in [0.2, 0.25) is 10.0 Å². The van der Waals surface area contributed by atoms with Crippen LogP contribution in [0.15, 0.2) is 72.7 Å². The quantitative estimate of drug-likeness (QED) is 0.338. The molecule has 1 N–H and O–H groups in total. The van der Waals surface area contributed by atoms with Crippen LogP contribution in [-0.4, -0.2) is 17.3 Å². The van der Waals surface area contributed by atoms with Crippen LogP contribution < -0.4 is 5.32 Å². The molecule has 4 rings (SSSR count). The topological polar surface area (TPSA) is 80.1 Å². The molecule has 1 aromatic carbocycles. The van der Waals surface area contributed by atoms with Crippen LogP contribution in [0, 0.1) is 0 Å². The third-order valence-electron chi connectivity index (χ3n) is 3.64. The van der Waals surface area contributed by atoms with Gasteiger partial charge in [0.25, 0.3) is 5.91 Å². The molecule has 1 fully saturated rings. The molecule has 0 radical (unpaired) electrons. The highest BCUT2D eigenvalue weighted by atomic mass is 35.5. The largest absolute Gasteiger partial charge is 0.463 e. The fourth-order valence-corrected chi connectivity index (χ4v) is 3.53. The summed E-state index contributed by atoms with van der Waals surface area (Å²) in [6, 6.07) is 12.3. The Balaban J connectivity index is 1.51. The third kappa shape index (κ3) is 4.06. The van der Waals surface area contributed by atoms with Gasteiger partial charge >= 0.3 is 0 Å². The number of halogens is 2. The molecule has 1 amide bonds. The number of rotatable bonds is 4. The van der Waals surface area contributed by atoms with Gasteiger partial charge in [0.05, 0.1) is 27.4 Å². The predicted molar refractivity (Wildman–Crippen MR) is 112 cm³/mol. The second kappa shape index (κ2) is 8.10. The Labute approximate surface area is 173 Å². The number of amidine groups is 1. The van der Waals surface area contributed by atoms with E-state index in [9.17, 15) is 4.79 Å². The molecular formula is C19H11Cl2N3O3S. The number of amides is 1. The lowest BCUT2D eigenvalue weighted by Gasteiger charge is -2.01. The standard InChI is InChI=1S/C19H11Cl2N3O3S/c20-14-5-1-4-13(17(14)21)15-7-6-11(27-15)9-16-18(25)23-19(28-16)24-22-10-12-3-2-8-26-12/h1-10H,(H,23,24,25)/b16-9+,22-10+. The number of thioether (sulfide) groups is 1. The molecule has 0 bridgehead atoms. The van der Waals surface area contributed by atoms with Gasteiger partial charge in [-0.1, -0.05) is 29.3 Å². The van der Waals surface area contributed by atoms with Crippen molar-refractivity contribution in [3.63, 3.8) is 0 Å². The molecule has 2 aromatic heterocycles. The van der Waals surface area contributed by atoms with E-state index in [0.717, 1.165) is 11.8 Å². The fraction of sp³-hybridized carbons (Fsp3) is 0. The Kier molecular flexibility index (Phi) is 5.38. The maximum absolute atomic E-state index is 12.1. The molecule has 0 saturated carbocycles. The molecule has 140 valence electrons. The zero-order valence-corrected chi connectivity index (χ0v) is 16.4. The highest BCUT2D eigenvalue weighted by Gasteiger charge is 2.24. The van der Waals surface area contributed by atoms with E-state index >= 15 is 0 Å². The van der Waals surface area contributed by atoms with E-state index in [1.807, 2.05) is 6.07 Å². The molecule has 0 atom stereocenters. The van der Waals surface area contributed by atoms with E-state index in [1.54, 1.807) is 42.5 Å². The van der Waals surface area contributed by atoms with Crippen LogP contribution in [-0.2, 0) is 4.79 Å². The minimum atomic E-state index is -0.282. The third-order valence-corrected chi connectivity index (χ3v) is 5.36. The minimum Gasteiger partial charge on any atom is -0.463 e. The summed E-state index contributed by atoms with van der Waals surface area (Å²) in [6.45, 7) is 0. The van der Waals surface area contributed by atoms with Gasteiger partial charge in [-0.25, -0.2) is 0 Å². The van der Waals surface area contributed by atoms with Crippen molar-refractivity contribution in [2.75, 3.05) is 0 Å². The number of nitrogens with zero attached hydrogens (tertiary/aromatic N) is 2. The predicted octanol–water partition coefficient (Wildman–Crippen LogP) is 5.44. The molecule has 3 heterocycles. The van der Waals surface area contributed by atoms with E-state index in [-0.39, 0.29) is 5.91 Å². The summed E-state index contributed by atoms with van der Waals surface area (Å²) in [6.07, 6.45) is 4.62. The normalized spacial score (nSPS) is 17.1. The first kappa shape index (κ1) is 18.6. The van der Waals surface area contributed by atoms with Crippen molar-refractivity contribution in [3.8, 4) is 11.3 Å². The summed E-state index contributed by atoms with van der Waals surface area (Å²) in [7, 11) is 0. The molecule has 1 saturated heterocycles. The molecule has 1 aliphatic heterocycles. The molecule has 6 nitrogen and oxygen atoms in total. The number of hydrogen-bond donors (Lipinski definition) is 1. The highest BCUT2D eigenvalue weighted by molar-refractivity contribution is 8.18. The van der Waals surface area contributed by atoms with Gasteiger partial charge in [-0.2, -0.15) is 5.10 Å². The van der Waals surface area contributed by atoms with Gasteiger partial charge in [-0.05, 0) is 48.2 Å². The zero-order valence-electron chi connectivity index (χ0n) is 14.1. The zero-order chi connectivity index (χ0) is 19.5. The summed E-state index contributed by atoms with van der Waals surface area (Å²) in [5.41, 5.74) is 0.678. The first-order valence-corrected chi connectivity index (χ1v) is 9.57. The molecule has 28 heavy (non-hydrogen) atoms. The lowest BCUT2D eigenvalue weighted by Crippen LogP contribution is -2.19.